The minimum atomic E-state index is -3.30. The van der Waals surface area contributed by atoms with Gasteiger partial charge in [-0.25, -0.2) is 13.1 Å². The fourth-order valence-corrected chi connectivity index (χ4v) is 5.14. The Kier molecular flexibility index (Phi) is 4.46. The number of rotatable bonds is 4. The summed E-state index contributed by atoms with van der Waals surface area (Å²) in [6.07, 6.45) is 4.09. The quantitative estimate of drug-likeness (QED) is 0.638. The summed E-state index contributed by atoms with van der Waals surface area (Å²) in [5, 5.41) is 0. The first-order chi connectivity index (χ1) is 8.27. The summed E-state index contributed by atoms with van der Waals surface area (Å²) in [6.45, 7) is 14.2. The molecule has 19 heavy (non-hydrogen) atoms. The highest BCUT2D eigenvalue weighted by Gasteiger charge is 2.41. The predicted octanol–water partition coefficient (Wildman–Crippen LogP) is 3.52. The van der Waals surface area contributed by atoms with Crippen molar-refractivity contribution in [3.05, 3.63) is 11.6 Å². The van der Waals surface area contributed by atoms with Gasteiger partial charge in [-0.15, -0.1) is 0 Å². The minimum Gasteiger partial charge on any atom is -0.212 e. The van der Waals surface area contributed by atoms with Crippen LogP contribution >= 0.6 is 0 Å². The molecule has 1 atom stereocenters. The number of sulfonamides is 1. The highest BCUT2D eigenvalue weighted by atomic mass is 32.2. The van der Waals surface area contributed by atoms with E-state index < -0.39 is 22.8 Å². The van der Waals surface area contributed by atoms with Gasteiger partial charge in [0, 0.05) is 8.07 Å². The summed E-state index contributed by atoms with van der Waals surface area (Å²) in [4.78, 5) is 0. The Morgan fingerprint density at radius 3 is 2.26 bits per heavy atom. The second kappa shape index (κ2) is 5.01. The number of allylic oxidation sites excluding steroid dienone is 1. The Balaban J connectivity index is 2.97. The highest BCUT2D eigenvalue weighted by Crippen LogP contribution is 2.37. The fraction of sp³-hybridized carbons (Fsp3) is 0.857. The molecule has 0 aromatic heterocycles. The van der Waals surface area contributed by atoms with Crippen LogP contribution in [0.25, 0.3) is 0 Å². The maximum Gasteiger partial charge on any atom is 0.217 e. The van der Waals surface area contributed by atoms with Crippen molar-refractivity contribution in [1.29, 1.82) is 0 Å². The Morgan fingerprint density at radius 1 is 1.32 bits per heavy atom. The average molecular weight is 304 g/mol. The van der Waals surface area contributed by atoms with Crippen LogP contribution in [0.5, 0.6) is 0 Å². The molecule has 0 saturated carbocycles. The number of hydrogen-bond acceptors (Lipinski definition) is 2. The van der Waals surface area contributed by atoms with Crippen molar-refractivity contribution in [2.75, 3.05) is 0 Å². The minimum absolute atomic E-state index is 0.383. The van der Waals surface area contributed by atoms with Crippen molar-refractivity contribution in [3.8, 4) is 0 Å². The van der Waals surface area contributed by atoms with Crippen molar-refractivity contribution in [2.45, 2.75) is 76.5 Å². The molecule has 3 nitrogen and oxygen atoms in total. The van der Waals surface area contributed by atoms with Gasteiger partial charge < -0.3 is 0 Å². The smallest absolute Gasteiger partial charge is 0.212 e. The molecule has 1 unspecified atom stereocenters. The van der Waals surface area contributed by atoms with Crippen molar-refractivity contribution < 1.29 is 8.42 Å². The Labute approximate surface area is 119 Å². The number of hydrogen-bond donors (Lipinski definition) is 1. The van der Waals surface area contributed by atoms with E-state index >= 15 is 0 Å². The molecule has 0 aliphatic heterocycles. The van der Waals surface area contributed by atoms with E-state index in [0.29, 0.717) is 0 Å². The Hall–Kier alpha value is -0.133. The van der Waals surface area contributed by atoms with Crippen LogP contribution in [0.1, 0.15) is 40.5 Å². The summed E-state index contributed by atoms with van der Waals surface area (Å²) in [5.74, 6) is 0. The van der Waals surface area contributed by atoms with Crippen molar-refractivity contribution in [2.24, 2.45) is 0 Å². The van der Waals surface area contributed by atoms with Gasteiger partial charge in [0.1, 0.15) is 0 Å². The zero-order chi connectivity index (χ0) is 15.1. The summed E-state index contributed by atoms with van der Waals surface area (Å²) in [6, 6.07) is 1.07. The van der Waals surface area contributed by atoms with Crippen molar-refractivity contribution in [1.82, 2.24) is 4.72 Å². The van der Waals surface area contributed by atoms with E-state index in [2.05, 4.69) is 30.4 Å². The van der Waals surface area contributed by atoms with Crippen LogP contribution in [0.3, 0.4) is 0 Å². The molecule has 1 rings (SSSR count). The number of nitrogens with one attached hydrogen (secondary N) is 1. The Bertz CT molecular complexity index is 469. The molecule has 0 amide bonds. The van der Waals surface area contributed by atoms with E-state index in [1.54, 1.807) is 20.8 Å². The van der Waals surface area contributed by atoms with Crippen LogP contribution in [0.4, 0.5) is 0 Å². The van der Waals surface area contributed by atoms with E-state index in [0.717, 1.165) is 18.9 Å². The molecule has 0 aromatic carbocycles. The topological polar surface area (TPSA) is 46.2 Å². The zero-order valence-electron chi connectivity index (χ0n) is 13.4. The Morgan fingerprint density at radius 2 is 1.84 bits per heavy atom. The molecule has 0 aromatic rings. The largest absolute Gasteiger partial charge is 0.217 e. The van der Waals surface area contributed by atoms with Gasteiger partial charge in [0.05, 0.1) is 10.3 Å². The van der Waals surface area contributed by atoms with Gasteiger partial charge in [-0.2, -0.15) is 0 Å². The second-order valence-electron chi connectivity index (χ2n) is 8.06. The third kappa shape index (κ3) is 4.16. The van der Waals surface area contributed by atoms with Gasteiger partial charge in [0.15, 0.2) is 0 Å². The normalized spacial score (nSPS) is 25.5. The molecule has 0 spiro atoms. The molecule has 112 valence electrons. The first-order valence-electron chi connectivity index (χ1n) is 7.00. The maximum atomic E-state index is 12.4. The van der Waals surface area contributed by atoms with Crippen LogP contribution in [0, 0.1) is 0 Å². The lowest BCUT2D eigenvalue weighted by molar-refractivity contribution is 0.457. The van der Waals surface area contributed by atoms with E-state index in [1.165, 1.54) is 5.57 Å². The zero-order valence-corrected chi connectivity index (χ0v) is 15.2. The summed E-state index contributed by atoms with van der Waals surface area (Å²) in [7, 11) is -4.54. The molecule has 0 heterocycles. The fourth-order valence-electron chi connectivity index (χ4n) is 2.33. The van der Waals surface area contributed by atoms with Gasteiger partial charge in [-0.05, 0) is 46.6 Å². The molecular weight excluding hydrogens is 274 g/mol. The van der Waals surface area contributed by atoms with Crippen LogP contribution in [0.15, 0.2) is 11.6 Å². The molecular formula is C14H29NO2SSi. The van der Waals surface area contributed by atoms with E-state index in [4.69, 9.17) is 0 Å². The molecule has 5 heteroatoms. The molecule has 0 bridgehead atoms. The molecule has 0 radical (unpaired) electrons. The van der Waals surface area contributed by atoms with Crippen LogP contribution in [-0.2, 0) is 10.0 Å². The standard InChI is InChI=1S/C14H29NO2SSi/c1-13(2,3)18(16,17)15-14(4)10-8-9-12(14)11-19(5,6)7/h9,15H,8,10-11H2,1-7H3. The summed E-state index contributed by atoms with van der Waals surface area (Å²) < 4.78 is 27.0. The van der Waals surface area contributed by atoms with Gasteiger partial charge >= 0.3 is 0 Å². The second-order valence-corrected chi connectivity index (χ2v) is 16.0. The maximum absolute atomic E-state index is 12.4. The molecule has 0 saturated heterocycles. The van der Waals surface area contributed by atoms with Gasteiger partial charge in [0.25, 0.3) is 0 Å². The van der Waals surface area contributed by atoms with Crippen molar-refractivity contribution >= 4 is 18.1 Å². The first kappa shape index (κ1) is 16.9. The van der Waals surface area contributed by atoms with Gasteiger partial charge in [-0.3, -0.25) is 0 Å². The third-order valence-corrected chi connectivity index (χ3v) is 7.40. The monoisotopic (exact) mass is 303 g/mol. The van der Waals surface area contributed by atoms with E-state index in [9.17, 15) is 8.42 Å². The molecule has 1 N–H and O–H groups in total. The summed E-state index contributed by atoms with van der Waals surface area (Å²) >= 11 is 0. The lowest BCUT2D eigenvalue weighted by Crippen LogP contribution is -2.52. The van der Waals surface area contributed by atoms with Crippen LogP contribution < -0.4 is 4.72 Å². The SMILES string of the molecule is CC1(NS(=O)(=O)C(C)(C)C)CCC=C1C[Si](C)(C)C. The average Bonchev–Trinajstić information content (AvgIpc) is 2.41. The van der Waals surface area contributed by atoms with Gasteiger partial charge in [0.2, 0.25) is 10.0 Å². The first-order valence-corrected chi connectivity index (χ1v) is 12.2. The predicted molar refractivity (Wildman–Crippen MR) is 85.7 cm³/mol. The van der Waals surface area contributed by atoms with Crippen LogP contribution in [0.2, 0.25) is 25.7 Å². The third-order valence-electron chi connectivity index (χ3n) is 3.63. The van der Waals surface area contributed by atoms with Crippen LogP contribution in [-0.4, -0.2) is 26.8 Å². The molecule has 0 fully saturated rings. The van der Waals surface area contributed by atoms with E-state index in [-0.39, 0.29) is 5.54 Å². The highest BCUT2D eigenvalue weighted by molar-refractivity contribution is 7.90. The molecule has 1 aliphatic carbocycles. The van der Waals surface area contributed by atoms with E-state index in [1.807, 2.05) is 6.92 Å². The lowest BCUT2D eigenvalue weighted by Gasteiger charge is -2.35. The molecule has 1 aliphatic rings. The lowest BCUT2D eigenvalue weighted by atomic mass is 9.96. The van der Waals surface area contributed by atoms with Gasteiger partial charge in [-0.1, -0.05) is 31.3 Å². The van der Waals surface area contributed by atoms with Crippen molar-refractivity contribution in [3.63, 3.8) is 0 Å². The summed E-state index contributed by atoms with van der Waals surface area (Å²) in [5.41, 5.74) is 0.909.